The fraction of sp³-hybridized carbons (Fsp3) is 0.333. The molecule has 0 aliphatic rings. The van der Waals surface area contributed by atoms with Gasteiger partial charge in [-0.3, -0.25) is 0 Å². The lowest BCUT2D eigenvalue weighted by Crippen LogP contribution is -2.15. The molecule has 2 aromatic heterocycles. The molecule has 96 valence electrons. The minimum absolute atomic E-state index is 0.642. The monoisotopic (exact) mass is 247 g/mol. The first kappa shape index (κ1) is 12.4. The molecule has 18 heavy (non-hydrogen) atoms. The summed E-state index contributed by atoms with van der Waals surface area (Å²) in [5.41, 5.74) is 3.48. The van der Waals surface area contributed by atoms with E-state index in [0.717, 1.165) is 30.1 Å². The van der Waals surface area contributed by atoms with Crippen LogP contribution in [0.1, 0.15) is 17.1 Å². The Labute approximate surface area is 106 Å². The Hall–Kier alpha value is -2.08. The van der Waals surface area contributed by atoms with E-state index in [1.54, 1.807) is 6.26 Å². The van der Waals surface area contributed by atoms with Crippen LogP contribution in [0.25, 0.3) is 0 Å². The number of furan rings is 1. The van der Waals surface area contributed by atoms with Crippen LogP contribution in [0.15, 0.2) is 22.8 Å². The molecule has 0 unspecified atom stereocenters. The molecule has 6 heteroatoms. The average molecular weight is 247 g/mol. The van der Waals surface area contributed by atoms with Crippen molar-refractivity contribution in [2.45, 2.75) is 20.3 Å². The van der Waals surface area contributed by atoms with E-state index in [2.05, 4.69) is 20.7 Å². The third-order valence-corrected chi connectivity index (χ3v) is 2.64. The summed E-state index contributed by atoms with van der Waals surface area (Å²) in [4.78, 5) is 8.56. The van der Waals surface area contributed by atoms with E-state index < -0.39 is 0 Å². The molecular formula is C12H17N5O. The largest absolute Gasteiger partial charge is 0.469 e. The number of hydrogen-bond acceptors (Lipinski definition) is 6. The zero-order chi connectivity index (χ0) is 13.0. The van der Waals surface area contributed by atoms with Gasteiger partial charge in [0, 0.05) is 18.5 Å². The Balaban J connectivity index is 2.02. The normalized spacial score (nSPS) is 10.4. The van der Waals surface area contributed by atoms with Gasteiger partial charge in [-0.15, -0.1) is 0 Å². The Morgan fingerprint density at radius 2 is 2.06 bits per heavy atom. The fourth-order valence-corrected chi connectivity index (χ4v) is 1.70. The highest BCUT2D eigenvalue weighted by Crippen LogP contribution is 2.18. The highest BCUT2D eigenvalue weighted by atomic mass is 16.3. The van der Waals surface area contributed by atoms with E-state index in [9.17, 15) is 0 Å². The minimum atomic E-state index is 0.642. The first-order valence-electron chi connectivity index (χ1n) is 5.79. The lowest BCUT2D eigenvalue weighted by molar-refractivity contribution is 0.513. The van der Waals surface area contributed by atoms with Crippen LogP contribution < -0.4 is 16.6 Å². The average Bonchev–Trinajstić information content (AvgIpc) is 2.86. The molecular weight excluding hydrogens is 230 g/mol. The van der Waals surface area contributed by atoms with E-state index in [1.807, 2.05) is 26.0 Å². The summed E-state index contributed by atoms with van der Waals surface area (Å²) in [6, 6.07) is 3.83. The van der Waals surface area contributed by atoms with Gasteiger partial charge in [-0.1, -0.05) is 0 Å². The maximum atomic E-state index is 5.41. The second-order valence-electron chi connectivity index (χ2n) is 3.99. The van der Waals surface area contributed by atoms with Crippen LogP contribution in [0.5, 0.6) is 0 Å². The predicted octanol–water partition coefficient (Wildman–Crippen LogP) is 1.63. The summed E-state index contributed by atoms with van der Waals surface area (Å²) in [6.45, 7) is 4.50. The van der Waals surface area contributed by atoms with Crippen LogP contribution in [-0.4, -0.2) is 16.5 Å². The number of nitrogen functional groups attached to an aromatic ring is 1. The van der Waals surface area contributed by atoms with Crippen LogP contribution in [0, 0.1) is 13.8 Å². The second-order valence-corrected chi connectivity index (χ2v) is 3.99. The number of nitrogens with two attached hydrogens (primary N) is 1. The van der Waals surface area contributed by atoms with Gasteiger partial charge in [-0.25, -0.2) is 15.8 Å². The van der Waals surface area contributed by atoms with Gasteiger partial charge in [0.2, 0.25) is 0 Å². The van der Waals surface area contributed by atoms with Gasteiger partial charge >= 0.3 is 0 Å². The summed E-state index contributed by atoms with van der Waals surface area (Å²) in [6.07, 6.45) is 2.48. The number of hydrogen-bond donors (Lipinski definition) is 3. The molecule has 2 aromatic rings. The standard InChI is InChI=1S/C12H17N5O/c1-8-11(15-9(2)16-12(8)17-13)14-6-5-10-4-3-7-18-10/h3-4,7H,5-6,13H2,1-2H3,(H2,14,15,16,17). The number of nitrogens with zero attached hydrogens (tertiary/aromatic N) is 2. The van der Waals surface area contributed by atoms with Crippen molar-refractivity contribution < 1.29 is 4.42 Å². The molecule has 0 saturated heterocycles. The molecule has 2 rings (SSSR count). The lowest BCUT2D eigenvalue weighted by Gasteiger charge is -2.11. The predicted molar refractivity (Wildman–Crippen MR) is 70.2 cm³/mol. The summed E-state index contributed by atoms with van der Waals surface area (Å²) in [5.74, 6) is 8.47. The zero-order valence-electron chi connectivity index (χ0n) is 10.5. The van der Waals surface area contributed by atoms with Crippen LogP contribution in [0.3, 0.4) is 0 Å². The van der Waals surface area contributed by atoms with E-state index in [4.69, 9.17) is 10.3 Å². The second kappa shape index (κ2) is 5.50. The first-order chi connectivity index (χ1) is 8.70. The summed E-state index contributed by atoms with van der Waals surface area (Å²) >= 11 is 0. The molecule has 0 aromatic carbocycles. The van der Waals surface area contributed by atoms with Crippen LogP contribution in [0.2, 0.25) is 0 Å². The lowest BCUT2D eigenvalue weighted by atomic mass is 10.3. The third-order valence-electron chi connectivity index (χ3n) is 2.64. The fourth-order valence-electron chi connectivity index (χ4n) is 1.70. The maximum Gasteiger partial charge on any atom is 0.148 e. The third kappa shape index (κ3) is 2.78. The quantitative estimate of drug-likeness (QED) is 0.549. The van der Waals surface area contributed by atoms with Gasteiger partial charge in [0.15, 0.2) is 0 Å². The Kier molecular flexibility index (Phi) is 3.78. The van der Waals surface area contributed by atoms with E-state index >= 15 is 0 Å². The van der Waals surface area contributed by atoms with Gasteiger partial charge < -0.3 is 15.2 Å². The minimum Gasteiger partial charge on any atom is -0.469 e. The number of aryl methyl sites for hydroxylation is 1. The first-order valence-corrected chi connectivity index (χ1v) is 5.79. The molecule has 0 aliphatic carbocycles. The van der Waals surface area contributed by atoms with Crippen LogP contribution in [0.4, 0.5) is 11.6 Å². The SMILES string of the molecule is Cc1nc(NN)c(C)c(NCCc2ccco2)n1. The Morgan fingerprint density at radius 1 is 1.28 bits per heavy atom. The Morgan fingerprint density at radius 3 is 2.72 bits per heavy atom. The number of aromatic nitrogens is 2. The molecule has 4 N–H and O–H groups in total. The van der Waals surface area contributed by atoms with E-state index in [-0.39, 0.29) is 0 Å². The highest BCUT2D eigenvalue weighted by molar-refractivity contribution is 5.56. The van der Waals surface area contributed by atoms with Gasteiger partial charge in [0.1, 0.15) is 23.2 Å². The van der Waals surface area contributed by atoms with Crippen molar-refractivity contribution in [2.24, 2.45) is 5.84 Å². The number of anilines is 2. The molecule has 0 bridgehead atoms. The van der Waals surface area contributed by atoms with E-state index in [0.29, 0.717) is 11.6 Å². The van der Waals surface area contributed by atoms with Gasteiger partial charge in [0.05, 0.1) is 6.26 Å². The zero-order valence-corrected chi connectivity index (χ0v) is 10.5. The van der Waals surface area contributed by atoms with Gasteiger partial charge in [-0.05, 0) is 26.0 Å². The summed E-state index contributed by atoms with van der Waals surface area (Å²) in [5, 5.41) is 3.26. The van der Waals surface area contributed by atoms with Gasteiger partial charge in [-0.2, -0.15) is 0 Å². The molecule has 0 atom stereocenters. The van der Waals surface area contributed by atoms with Crippen LogP contribution >= 0.6 is 0 Å². The molecule has 0 radical (unpaired) electrons. The Bertz CT molecular complexity index is 509. The summed E-state index contributed by atoms with van der Waals surface area (Å²) < 4.78 is 5.27. The van der Waals surface area contributed by atoms with Crippen molar-refractivity contribution in [3.05, 3.63) is 35.5 Å². The molecule has 0 saturated carbocycles. The van der Waals surface area contributed by atoms with Crippen molar-refractivity contribution in [3.63, 3.8) is 0 Å². The number of rotatable bonds is 5. The van der Waals surface area contributed by atoms with Crippen molar-refractivity contribution in [1.29, 1.82) is 0 Å². The molecule has 0 aliphatic heterocycles. The van der Waals surface area contributed by atoms with Crippen molar-refractivity contribution >= 4 is 11.6 Å². The molecule has 0 spiro atoms. The van der Waals surface area contributed by atoms with Gasteiger partial charge in [0.25, 0.3) is 0 Å². The highest BCUT2D eigenvalue weighted by Gasteiger charge is 2.07. The van der Waals surface area contributed by atoms with Crippen LogP contribution in [-0.2, 0) is 6.42 Å². The molecule has 2 heterocycles. The molecule has 0 amide bonds. The van der Waals surface area contributed by atoms with Crippen molar-refractivity contribution in [3.8, 4) is 0 Å². The maximum absolute atomic E-state index is 5.41. The smallest absolute Gasteiger partial charge is 0.148 e. The number of nitrogens with one attached hydrogen (secondary N) is 2. The topological polar surface area (TPSA) is 89.0 Å². The summed E-state index contributed by atoms with van der Waals surface area (Å²) in [7, 11) is 0. The van der Waals surface area contributed by atoms with E-state index in [1.165, 1.54) is 0 Å². The van der Waals surface area contributed by atoms with Crippen molar-refractivity contribution in [2.75, 3.05) is 17.3 Å². The number of hydrazine groups is 1. The van der Waals surface area contributed by atoms with Crippen molar-refractivity contribution in [1.82, 2.24) is 9.97 Å². The molecule has 0 fully saturated rings. The molecule has 6 nitrogen and oxygen atoms in total.